The molecule has 1 heterocycles. The molecular weight excluding hydrogens is 497 g/mol. The van der Waals surface area contributed by atoms with Gasteiger partial charge >= 0.3 is 0 Å². The van der Waals surface area contributed by atoms with Crippen LogP contribution in [0, 0.1) is 12.7 Å². The second kappa shape index (κ2) is 10.0. The maximum Gasteiger partial charge on any atom is 0.255 e. The molecule has 0 saturated heterocycles. The summed E-state index contributed by atoms with van der Waals surface area (Å²) in [5.41, 5.74) is 16.9. The van der Waals surface area contributed by atoms with Gasteiger partial charge < -0.3 is 27.1 Å². The van der Waals surface area contributed by atoms with Crippen molar-refractivity contribution in [2.75, 3.05) is 10.6 Å². The van der Waals surface area contributed by atoms with Gasteiger partial charge in [-0.15, -0.1) is 0 Å². The first kappa shape index (κ1) is 25.6. The Balaban J connectivity index is 1.63. The number of halogens is 1. The van der Waals surface area contributed by atoms with Gasteiger partial charge in [0.05, 0.1) is 17.1 Å². The molecule has 0 aliphatic carbocycles. The van der Waals surface area contributed by atoms with E-state index in [1.807, 2.05) is 31.2 Å². The van der Waals surface area contributed by atoms with Gasteiger partial charge in [-0.1, -0.05) is 24.3 Å². The molecule has 0 bridgehead atoms. The number of anilines is 2. The van der Waals surface area contributed by atoms with E-state index in [-0.39, 0.29) is 11.8 Å². The van der Waals surface area contributed by atoms with Crippen LogP contribution in [0.2, 0.25) is 0 Å². The minimum Gasteiger partial charge on any atom is -0.366 e. The van der Waals surface area contributed by atoms with Crippen LogP contribution >= 0.6 is 0 Å². The van der Waals surface area contributed by atoms with Gasteiger partial charge in [0.2, 0.25) is 5.91 Å². The minimum atomic E-state index is -0.671. The molecule has 8 nitrogen and oxygen atoms in total. The third kappa shape index (κ3) is 4.83. The fourth-order valence-corrected chi connectivity index (χ4v) is 4.63. The van der Waals surface area contributed by atoms with E-state index in [1.165, 1.54) is 24.3 Å². The lowest BCUT2D eigenvalue weighted by Crippen LogP contribution is -2.32. The van der Waals surface area contributed by atoms with Gasteiger partial charge in [-0.05, 0) is 79.1 Å². The molecule has 1 unspecified atom stereocenters. The number of primary amides is 1. The number of nitrogens with one attached hydrogen (secondary N) is 3. The van der Waals surface area contributed by atoms with Gasteiger partial charge in [-0.2, -0.15) is 0 Å². The number of rotatable bonds is 6. The third-order valence-electron chi connectivity index (χ3n) is 6.68. The van der Waals surface area contributed by atoms with Gasteiger partial charge in [0.1, 0.15) is 5.82 Å². The lowest BCUT2D eigenvalue weighted by atomic mass is 9.93. The van der Waals surface area contributed by atoms with E-state index >= 15 is 0 Å². The van der Waals surface area contributed by atoms with E-state index in [0.717, 1.165) is 27.5 Å². The summed E-state index contributed by atoms with van der Waals surface area (Å²) >= 11 is 0. The van der Waals surface area contributed by atoms with Crippen LogP contribution in [0.3, 0.4) is 0 Å². The number of aromatic nitrogens is 1. The quantitative estimate of drug-likeness (QED) is 0.212. The molecule has 0 saturated carbocycles. The highest BCUT2D eigenvalue weighted by molar-refractivity contribution is 6.20. The van der Waals surface area contributed by atoms with E-state index in [4.69, 9.17) is 11.5 Å². The lowest BCUT2D eigenvalue weighted by Gasteiger charge is -2.15. The number of hydrogen-bond donors (Lipinski definition) is 5. The van der Waals surface area contributed by atoms with Crippen molar-refractivity contribution in [1.82, 2.24) is 4.98 Å². The normalized spacial score (nSPS) is 11.9. The highest BCUT2D eigenvalue weighted by Crippen LogP contribution is 2.39. The summed E-state index contributed by atoms with van der Waals surface area (Å²) in [7, 11) is 0. The molecule has 1 atom stereocenters. The number of nitrogens with two attached hydrogens (primary N) is 2. The first-order valence-electron chi connectivity index (χ1n) is 12.3. The molecule has 3 amide bonds. The van der Waals surface area contributed by atoms with Gasteiger partial charge in [-0.25, -0.2) is 4.39 Å². The second-order valence-corrected chi connectivity index (χ2v) is 9.38. The Hall–Kier alpha value is -5.02. The van der Waals surface area contributed by atoms with Crippen LogP contribution in [-0.4, -0.2) is 28.7 Å². The van der Waals surface area contributed by atoms with Crippen LogP contribution in [0.5, 0.6) is 0 Å². The van der Waals surface area contributed by atoms with E-state index in [9.17, 15) is 18.8 Å². The van der Waals surface area contributed by atoms with Gasteiger partial charge in [-0.3, -0.25) is 14.4 Å². The standard InChI is InChI=1S/C30H26FN5O3/c1-15-20(4-3-5-24(15)36-30(39)17-6-8-18(31)9-7-17)21-12-13-23(28(33)37)27-26(21)22-11-10-19(14-25(22)35-27)34-29(38)16(2)32/h3-14,16,35H,32H2,1-2H3,(H2,33,37)(H,34,38)(H,36,39). The summed E-state index contributed by atoms with van der Waals surface area (Å²) in [6.07, 6.45) is 0. The van der Waals surface area contributed by atoms with Crippen molar-refractivity contribution in [2.24, 2.45) is 11.5 Å². The Morgan fingerprint density at radius 3 is 2.36 bits per heavy atom. The van der Waals surface area contributed by atoms with Crippen molar-refractivity contribution in [3.63, 3.8) is 0 Å². The summed E-state index contributed by atoms with van der Waals surface area (Å²) in [6, 6.07) is 19.1. The predicted octanol–water partition coefficient (Wildman–Crippen LogP) is 5.07. The molecule has 196 valence electrons. The Kier molecular flexibility index (Phi) is 6.59. The highest BCUT2D eigenvalue weighted by Gasteiger charge is 2.19. The molecule has 9 heteroatoms. The lowest BCUT2D eigenvalue weighted by molar-refractivity contribution is -0.117. The third-order valence-corrected chi connectivity index (χ3v) is 6.68. The Labute approximate surface area is 223 Å². The minimum absolute atomic E-state index is 0.320. The van der Waals surface area contributed by atoms with Crippen LogP contribution in [0.25, 0.3) is 32.9 Å². The fourth-order valence-electron chi connectivity index (χ4n) is 4.63. The topological polar surface area (TPSA) is 143 Å². The zero-order chi connectivity index (χ0) is 27.8. The maximum absolute atomic E-state index is 13.3. The number of aromatic amines is 1. The molecule has 0 radical (unpaired) electrons. The second-order valence-electron chi connectivity index (χ2n) is 9.38. The molecular formula is C30H26FN5O3. The Morgan fingerprint density at radius 2 is 1.67 bits per heavy atom. The summed E-state index contributed by atoms with van der Waals surface area (Å²) in [6.45, 7) is 3.49. The molecule has 0 aliphatic heterocycles. The Morgan fingerprint density at radius 1 is 0.923 bits per heavy atom. The number of benzene rings is 4. The number of hydrogen-bond acceptors (Lipinski definition) is 4. The molecule has 5 aromatic rings. The van der Waals surface area contributed by atoms with E-state index in [2.05, 4.69) is 15.6 Å². The number of carbonyl (C=O) groups is 3. The summed E-state index contributed by atoms with van der Waals surface area (Å²) in [5, 5.41) is 7.28. The molecule has 39 heavy (non-hydrogen) atoms. The molecule has 4 aromatic carbocycles. The number of fused-ring (bicyclic) bond motifs is 3. The van der Waals surface area contributed by atoms with Crippen molar-refractivity contribution in [3.8, 4) is 11.1 Å². The Bertz CT molecular complexity index is 1770. The first-order chi connectivity index (χ1) is 18.6. The van der Waals surface area contributed by atoms with Crippen molar-refractivity contribution < 1.29 is 18.8 Å². The monoisotopic (exact) mass is 523 g/mol. The van der Waals surface area contributed by atoms with Crippen LogP contribution in [0.4, 0.5) is 15.8 Å². The number of amides is 3. The van der Waals surface area contributed by atoms with Crippen molar-refractivity contribution >= 4 is 50.9 Å². The maximum atomic E-state index is 13.3. The van der Waals surface area contributed by atoms with E-state index in [0.29, 0.717) is 33.5 Å². The molecule has 0 spiro atoms. The summed E-state index contributed by atoms with van der Waals surface area (Å²) in [5.74, 6) is -1.69. The first-order valence-corrected chi connectivity index (χ1v) is 12.3. The predicted molar refractivity (Wildman–Crippen MR) is 151 cm³/mol. The molecule has 7 N–H and O–H groups in total. The molecule has 0 aliphatic rings. The van der Waals surface area contributed by atoms with Gasteiger partial charge in [0, 0.05) is 33.2 Å². The SMILES string of the molecule is Cc1c(NC(=O)c2ccc(F)cc2)cccc1-c1ccc(C(N)=O)c2[nH]c3cc(NC(=O)C(C)N)ccc3c12. The summed E-state index contributed by atoms with van der Waals surface area (Å²) in [4.78, 5) is 40.5. The largest absolute Gasteiger partial charge is 0.366 e. The van der Waals surface area contributed by atoms with Crippen LogP contribution in [0.15, 0.2) is 72.8 Å². The molecule has 5 rings (SSSR count). The molecule has 0 fully saturated rings. The van der Waals surface area contributed by atoms with E-state index in [1.54, 1.807) is 31.2 Å². The summed E-state index contributed by atoms with van der Waals surface area (Å²) < 4.78 is 13.3. The van der Waals surface area contributed by atoms with E-state index < -0.39 is 17.8 Å². The smallest absolute Gasteiger partial charge is 0.255 e. The average Bonchev–Trinajstić information content (AvgIpc) is 3.28. The molecule has 1 aromatic heterocycles. The number of carbonyl (C=O) groups excluding carboxylic acids is 3. The van der Waals surface area contributed by atoms with Crippen LogP contribution in [0.1, 0.15) is 33.2 Å². The highest BCUT2D eigenvalue weighted by atomic mass is 19.1. The zero-order valence-corrected chi connectivity index (χ0v) is 21.3. The van der Waals surface area contributed by atoms with Crippen molar-refractivity contribution in [2.45, 2.75) is 19.9 Å². The van der Waals surface area contributed by atoms with Crippen LogP contribution in [-0.2, 0) is 4.79 Å². The van der Waals surface area contributed by atoms with Crippen LogP contribution < -0.4 is 22.1 Å². The van der Waals surface area contributed by atoms with Gasteiger partial charge in [0.25, 0.3) is 11.8 Å². The fraction of sp³-hybridized carbons (Fsp3) is 0.100. The number of H-pyrrole nitrogens is 1. The van der Waals surface area contributed by atoms with Crippen molar-refractivity contribution in [1.29, 1.82) is 0 Å². The van der Waals surface area contributed by atoms with Gasteiger partial charge in [0.15, 0.2) is 0 Å². The van der Waals surface area contributed by atoms with Crippen molar-refractivity contribution in [3.05, 3.63) is 95.3 Å². The average molecular weight is 524 g/mol. The zero-order valence-electron chi connectivity index (χ0n) is 21.3.